The summed E-state index contributed by atoms with van der Waals surface area (Å²) in [6.45, 7) is 5.57. The Morgan fingerprint density at radius 1 is 1.53 bits per heavy atom. The van der Waals surface area contributed by atoms with Crippen molar-refractivity contribution in [2.75, 3.05) is 40.0 Å². The van der Waals surface area contributed by atoms with E-state index in [9.17, 15) is 9.90 Å². The van der Waals surface area contributed by atoms with Crippen molar-refractivity contribution < 1.29 is 19.4 Å². The number of amides is 1. The van der Waals surface area contributed by atoms with Gasteiger partial charge in [-0.2, -0.15) is 0 Å². The molecule has 112 valence electrons. The Labute approximate surface area is 114 Å². The number of hydrogen-bond acceptors (Lipinski definition) is 5. The van der Waals surface area contributed by atoms with Crippen molar-refractivity contribution in [2.45, 2.75) is 32.0 Å². The predicted molar refractivity (Wildman–Crippen MR) is 71.7 cm³/mol. The molecule has 6 heteroatoms. The molecule has 0 aromatic carbocycles. The Hall–Kier alpha value is -0.690. The average molecular weight is 274 g/mol. The molecule has 0 spiro atoms. The van der Waals surface area contributed by atoms with Gasteiger partial charge in [-0.15, -0.1) is 0 Å². The van der Waals surface area contributed by atoms with E-state index >= 15 is 0 Å². The van der Waals surface area contributed by atoms with Crippen LogP contribution in [0.25, 0.3) is 0 Å². The zero-order chi connectivity index (χ0) is 14.3. The van der Waals surface area contributed by atoms with Gasteiger partial charge in [0.1, 0.15) is 0 Å². The van der Waals surface area contributed by atoms with Crippen molar-refractivity contribution in [1.82, 2.24) is 4.90 Å². The van der Waals surface area contributed by atoms with Gasteiger partial charge < -0.3 is 25.2 Å². The van der Waals surface area contributed by atoms with Gasteiger partial charge in [-0.3, -0.25) is 4.79 Å². The molecule has 1 unspecified atom stereocenters. The quantitative estimate of drug-likeness (QED) is 0.629. The summed E-state index contributed by atoms with van der Waals surface area (Å²) in [5.41, 5.74) is 5.07. The van der Waals surface area contributed by atoms with Gasteiger partial charge in [0, 0.05) is 6.54 Å². The molecule has 0 bridgehead atoms. The third-order valence-corrected chi connectivity index (χ3v) is 3.43. The number of primary amides is 1. The van der Waals surface area contributed by atoms with Crippen LogP contribution in [-0.2, 0) is 14.3 Å². The van der Waals surface area contributed by atoms with Crippen molar-refractivity contribution in [3.63, 3.8) is 0 Å². The summed E-state index contributed by atoms with van der Waals surface area (Å²) in [6.07, 6.45) is 0.327. The van der Waals surface area contributed by atoms with Crippen LogP contribution in [0.2, 0.25) is 0 Å². The molecule has 19 heavy (non-hydrogen) atoms. The van der Waals surface area contributed by atoms with Crippen LogP contribution in [0.3, 0.4) is 0 Å². The van der Waals surface area contributed by atoms with E-state index in [1.165, 1.54) is 0 Å². The number of ether oxygens (including phenoxy) is 2. The van der Waals surface area contributed by atoms with Crippen LogP contribution in [0.5, 0.6) is 0 Å². The minimum atomic E-state index is -0.653. The first-order valence-corrected chi connectivity index (χ1v) is 6.83. The fourth-order valence-corrected chi connectivity index (χ4v) is 2.10. The van der Waals surface area contributed by atoms with Crippen LogP contribution in [-0.4, -0.2) is 68.1 Å². The number of nitrogens with zero attached hydrogens (tertiary/aromatic N) is 1. The first kappa shape index (κ1) is 16.4. The van der Waals surface area contributed by atoms with Crippen molar-refractivity contribution >= 4 is 5.91 Å². The van der Waals surface area contributed by atoms with Gasteiger partial charge in [0.05, 0.1) is 38.4 Å². The molecule has 6 nitrogen and oxygen atoms in total. The highest BCUT2D eigenvalue weighted by atomic mass is 16.6. The maximum atomic E-state index is 10.7. The maximum Gasteiger partial charge on any atom is 0.220 e. The fourth-order valence-electron chi connectivity index (χ4n) is 2.10. The van der Waals surface area contributed by atoms with Gasteiger partial charge in [0.15, 0.2) is 0 Å². The Bertz CT molecular complexity index is 269. The molecule has 0 saturated carbocycles. The van der Waals surface area contributed by atoms with E-state index in [4.69, 9.17) is 15.2 Å². The van der Waals surface area contributed by atoms with E-state index in [2.05, 4.69) is 4.90 Å². The van der Waals surface area contributed by atoms with E-state index in [0.29, 0.717) is 19.8 Å². The highest BCUT2D eigenvalue weighted by Gasteiger charge is 2.19. The smallest absolute Gasteiger partial charge is 0.220 e. The molecule has 0 radical (unpaired) electrons. The van der Waals surface area contributed by atoms with E-state index in [1.54, 1.807) is 0 Å². The van der Waals surface area contributed by atoms with Crippen molar-refractivity contribution in [3.8, 4) is 0 Å². The number of carbonyl (C=O) groups excluding carboxylic acids is 1. The van der Waals surface area contributed by atoms with Crippen LogP contribution in [0.15, 0.2) is 0 Å². The second kappa shape index (κ2) is 8.47. The summed E-state index contributed by atoms with van der Waals surface area (Å²) < 4.78 is 10.9. The highest BCUT2D eigenvalue weighted by molar-refractivity contribution is 5.74. The van der Waals surface area contributed by atoms with Gasteiger partial charge >= 0.3 is 0 Å². The summed E-state index contributed by atoms with van der Waals surface area (Å²) >= 11 is 0. The van der Waals surface area contributed by atoms with E-state index in [1.807, 2.05) is 14.0 Å². The average Bonchev–Trinajstić information content (AvgIpc) is 2.36. The van der Waals surface area contributed by atoms with Gasteiger partial charge in [-0.25, -0.2) is 0 Å². The maximum absolute atomic E-state index is 10.7. The standard InChI is InChI=1S/C13H26N2O4/c1-10(12(16)7-13(14)17)3-4-15(2)8-11-9-18-5-6-19-11/h10-12,16H,3-9H2,1-2H3,(H2,14,17)/t10-,11?,12+/m1/s1. The zero-order valence-corrected chi connectivity index (χ0v) is 11.9. The summed E-state index contributed by atoms with van der Waals surface area (Å²) in [4.78, 5) is 12.9. The summed E-state index contributed by atoms with van der Waals surface area (Å²) in [6, 6.07) is 0. The molecule has 1 rings (SSSR count). The molecule has 1 heterocycles. The molecular formula is C13H26N2O4. The zero-order valence-electron chi connectivity index (χ0n) is 11.9. The molecular weight excluding hydrogens is 248 g/mol. The van der Waals surface area contributed by atoms with Crippen LogP contribution in [0, 0.1) is 5.92 Å². The number of aliphatic hydroxyl groups excluding tert-OH is 1. The number of hydrogen-bond donors (Lipinski definition) is 2. The number of carbonyl (C=O) groups is 1. The lowest BCUT2D eigenvalue weighted by Crippen LogP contribution is -2.39. The molecule has 1 aliphatic rings. The van der Waals surface area contributed by atoms with Crippen LogP contribution in [0.1, 0.15) is 19.8 Å². The van der Waals surface area contributed by atoms with Crippen LogP contribution in [0.4, 0.5) is 0 Å². The lowest BCUT2D eigenvalue weighted by Gasteiger charge is -2.28. The summed E-state index contributed by atoms with van der Waals surface area (Å²) in [5, 5.41) is 9.76. The van der Waals surface area contributed by atoms with Crippen LogP contribution >= 0.6 is 0 Å². The van der Waals surface area contributed by atoms with E-state index < -0.39 is 12.0 Å². The second-order valence-corrected chi connectivity index (χ2v) is 5.33. The Morgan fingerprint density at radius 3 is 2.84 bits per heavy atom. The predicted octanol–water partition coefficient (Wildman–Crippen LogP) is -0.404. The first-order chi connectivity index (χ1) is 8.99. The monoisotopic (exact) mass is 274 g/mol. The molecule has 1 saturated heterocycles. The molecule has 0 aliphatic carbocycles. The molecule has 0 aromatic rings. The third kappa shape index (κ3) is 6.87. The molecule has 1 amide bonds. The number of aliphatic hydroxyl groups is 1. The largest absolute Gasteiger partial charge is 0.392 e. The normalized spacial score (nSPS) is 23.3. The second-order valence-electron chi connectivity index (χ2n) is 5.33. The lowest BCUT2D eigenvalue weighted by atomic mass is 9.98. The number of rotatable bonds is 8. The fraction of sp³-hybridized carbons (Fsp3) is 0.923. The number of likely N-dealkylation sites (N-methyl/N-ethyl adjacent to an activating group) is 1. The van der Waals surface area contributed by atoms with E-state index in [-0.39, 0.29) is 18.4 Å². The summed E-state index contributed by atoms with van der Waals surface area (Å²) in [5.74, 6) is -0.404. The van der Waals surface area contributed by atoms with Gasteiger partial charge in [-0.1, -0.05) is 6.92 Å². The van der Waals surface area contributed by atoms with Crippen molar-refractivity contribution in [3.05, 3.63) is 0 Å². The lowest BCUT2D eigenvalue weighted by molar-refractivity contribution is -0.120. The molecule has 1 aliphatic heterocycles. The van der Waals surface area contributed by atoms with Crippen molar-refractivity contribution in [2.24, 2.45) is 11.7 Å². The van der Waals surface area contributed by atoms with Crippen molar-refractivity contribution in [1.29, 1.82) is 0 Å². The Balaban J connectivity index is 2.17. The Morgan fingerprint density at radius 2 is 2.26 bits per heavy atom. The topological polar surface area (TPSA) is 85.0 Å². The van der Waals surface area contributed by atoms with Gasteiger partial charge in [-0.05, 0) is 25.9 Å². The third-order valence-electron chi connectivity index (χ3n) is 3.43. The molecule has 1 fully saturated rings. The summed E-state index contributed by atoms with van der Waals surface area (Å²) in [7, 11) is 2.02. The van der Waals surface area contributed by atoms with Gasteiger partial charge in [0.25, 0.3) is 0 Å². The SMILES string of the molecule is C[C@H](CCN(C)CC1COCCO1)[C@@H](O)CC(N)=O. The minimum Gasteiger partial charge on any atom is -0.392 e. The van der Waals surface area contributed by atoms with Crippen LogP contribution < -0.4 is 5.73 Å². The number of nitrogens with two attached hydrogens (primary N) is 1. The molecule has 3 N–H and O–H groups in total. The molecule has 0 aromatic heterocycles. The molecule has 3 atom stereocenters. The van der Waals surface area contributed by atoms with E-state index in [0.717, 1.165) is 19.5 Å². The Kier molecular flexibility index (Phi) is 7.30. The van der Waals surface area contributed by atoms with Gasteiger partial charge in [0.2, 0.25) is 5.91 Å². The highest BCUT2D eigenvalue weighted by Crippen LogP contribution is 2.12. The minimum absolute atomic E-state index is 0.0322. The first-order valence-electron chi connectivity index (χ1n) is 6.83.